The Hall–Kier alpha value is -0.540. The van der Waals surface area contributed by atoms with E-state index in [0.717, 1.165) is 16.3 Å². The Morgan fingerprint density at radius 1 is 1.55 bits per heavy atom. The van der Waals surface area contributed by atoms with E-state index in [4.69, 9.17) is 5.73 Å². The first-order chi connectivity index (χ1) is 5.36. The summed E-state index contributed by atoms with van der Waals surface area (Å²) in [6.45, 7) is 2.69. The maximum Gasteiger partial charge on any atom is 0.0959 e. The Balaban J connectivity index is 2.66. The standard InChI is InChI=1S/C8H12N2S/c1-2-11-8-4-3-7(5-9)6-10-8/h3-4,6H,2,5,9H2,1H3. The van der Waals surface area contributed by atoms with Gasteiger partial charge >= 0.3 is 0 Å². The van der Waals surface area contributed by atoms with Crippen molar-refractivity contribution in [3.63, 3.8) is 0 Å². The summed E-state index contributed by atoms with van der Waals surface area (Å²) in [5, 5.41) is 1.07. The lowest BCUT2D eigenvalue weighted by Crippen LogP contribution is -1.96. The number of rotatable bonds is 3. The highest BCUT2D eigenvalue weighted by Gasteiger charge is 1.92. The number of hydrogen-bond acceptors (Lipinski definition) is 3. The van der Waals surface area contributed by atoms with Gasteiger partial charge in [0, 0.05) is 12.7 Å². The zero-order chi connectivity index (χ0) is 8.10. The molecule has 11 heavy (non-hydrogen) atoms. The molecule has 0 radical (unpaired) electrons. The molecular weight excluding hydrogens is 156 g/mol. The Morgan fingerprint density at radius 3 is 2.82 bits per heavy atom. The largest absolute Gasteiger partial charge is 0.326 e. The highest BCUT2D eigenvalue weighted by molar-refractivity contribution is 7.99. The lowest BCUT2D eigenvalue weighted by atomic mass is 10.3. The van der Waals surface area contributed by atoms with Gasteiger partial charge in [-0.25, -0.2) is 4.98 Å². The first kappa shape index (κ1) is 8.56. The zero-order valence-electron chi connectivity index (χ0n) is 6.58. The van der Waals surface area contributed by atoms with Crippen molar-refractivity contribution in [2.45, 2.75) is 18.5 Å². The molecule has 0 aromatic carbocycles. The molecule has 0 unspecified atom stereocenters. The number of nitrogens with two attached hydrogens (primary N) is 1. The van der Waals surface area contributed by atoms with Crippen LogP contribution in [0, 0.1) is 0 Å². The first-order valence-corrected chi connectivity index (χ1v) is 4.63. The van der Waals surface area contributed by atoms with Crippen LogP contribution in [-0.4, -0.2) is 10.7 Å². The van der Waals surface area contributed by atoms with Crippen molar-refractivity contribution in [1.29, 1.82) is 0 Å². The van der Waals surface area contributed by atoms with Crippen LogP contribution in [0.4, 0.5) is 0 Å². The molecule has 2 nitrogen and oxygen atoms in total. The summed E-state index contributed by atoms with van der Waals surface area (Å²) in [4.78, 5) is 4.22. The molecule has 3 heteroatoms. The third-order valence-electron chi connectivity index (χ3n) is 1.33. The topological polar surface area (TPSA) is 38.9 Å². The molecule has 0 saturated carbocycles. The molecule has 1 aromatic rings. The van der Waals surface area contributed by atoms with E-state index in [1.54, 1.807) is 11.8 Å². The van der Waals surface area contributed by atoms with Crippen molar-refractivity contribution in [2.75, 3.05) is 5.75 Å². The van der Waals surface area contributed by atoms with Gasteiger partial charge in [-0.15, -0.1) is 11.8 Å². The van der Waals surface area contributed by atoms with Gasteiger partial charge in [0.05, 0.1) is 5.03 Å². The molecule has 0 spiro atoms. The van der Waals surface area contributed by atoms with Crippen molar-refractivity contribution in [1.82, 2.24) is 4.98 Å². The average Bonchev–Trinajstić information content (AvgIpc) is 2.07. The molecule has 0 fully saturated rings. The number of nitrogens with zero attached hydrogens (tertiary/aromatic N) is 1. The highest BCUT2D eigenvalue weighted by atomic mass is 32.2. The summed E-state index contributed by atoms with van der Waals surface area (Å²) >= 11 is 1.74. The van der Waals surface area contributed by atoms with Crippen LogP contribution in [0.25, 0.3) is 0 Å². The van der Waals surface area contributed by atoms with E-state index in [1.807, 2.05) is 18.3 Å². The van der Waals surface area contributed by atoms with Crippen molar-refractivity contribution < 1.29 is 0 Å². The smallest absolute Gasteiger partial charge is 0.0959 e. The van der Waals surface area contributed by atoms with Gasteiger partial charge < -0.3 is 5.73 Å². The maximum atomic E-state index is 5.43. The Kier molecular flexibility index (Phi) is 3.39. The number of pyridine rings is 1. The van der Waals surface area contributed by atoms with Crippen LogP contribution in [0.2, 0.25) is 0 Å². The highest BCUT2D eigenvalue weighted by Crippen LogP contribution is 2.13. The summed E-state index contributed by atoms with van der Waals surface area (Å²) in [7, 11) is 0. The third kappa shape index (κ3) is 2.52. The van der Waals surface area contributed by atoms with Crippen LogP contribution in [0.5, 0.6) is 0 Å². The molecule has 1 rings (SSSR count). The minimum absolute atomic E-state index is 0.573. The Morgan fingerprint density at radius 2 is 2.36 bits per heavy atom. The monoisotopic (exact) mass is 168 g/mol. The molecule has 2 N–H and O–H groups in total. The molecule has 0 bridgehead atoms. The van der Waals surface area contributed by atoms with Crippen LogP contribution in [0.15, 0.2) is 23.4 Å². The van der Waals surface area contributed by atoms with Crippen molar-refractivity contribution in [3.05, 3.63) is 23.9 Å². The van der Waals surface area contributed by atoms with E-state index >= 15 is 0 Å². The minimum atomic E-state index is 0.573. The SMILES string of the molecule is CCSc1ccc(CN)cn1. The fraction of sp³-hybridized carbons (Fsp3) is 0.375. The molecule has 0 aliphatic carbocycles. The summed E-state index contributed by atoms with van der Waals surface area (Å²) in [6.07, 6.45) is 1.83. The minimum Gasteiger partial charge on any atom is -0.326 e. The molecule has 0 atom stereocenters. The van der Waals surface area contributed by atoms with Gasteiger partial charge in [-0.1, -0.05) is 13.0 Å². The molecule has 0 aliphatic heterocycles. The van der Waals surface area contributed by atoms with Crippen molar-refractivity contribution in [3.8, 4) is 0 Å². The molecule has 1 heterocycles. The predicted octanol–water partition coefficient (Wildman–Crippen LogP) is 1.65. The maximum absolute atomic E-state index is 5.43. The van der Waals surface area contributed by atoms with Crippen LogP contribution in [0.3, 0.4) is 0 Å². The molecule has 0 amide bonds. The lowest BCUT2D eigenvalue weighted by Gasteiger charge is -1.98. The van der Waals surface area contributed by atoms with E-state index in [1.165, 1.54) is 0 Å². The third-order valence-corrected chi connectivity index (χ3v) is 2.15. The number of aromatic nitrogens is 1. The molecule has 60 valence electrons. The van der Waals surface area contributed by atoms with E-state index in [0.29, 0.717) is 6.54 Å². The lowest BCUT2D eigenvalue weighted by molar-refractivity contribution is 1.01. The van der Waals surface area contributed by atoms with Gasteiger partial charge in [0.2, 0.25) is 0 Å². The van der Waals surface area contributed by atoms with Gasteiger partial charge in [-0.2, -0.15) is 0 Å². The predicted molar refractivity (Wildman–Crippen MR) is 48.5 cm³/mol. The quantitative estimate of drug-likeness (QED) is 0.697. The van der Waals surface area contributed by atoms with E-state index in [9.17, 15) is 0 Å². The number of thioether (sulfide) groups is 1. The van der Waals surface area contributed by atoms with Crippen molar-refractivity contribution in [2.24, 2.45) is 5.73 Å². The fourth-order valence-electron chi connectivity index (χ4n) is 0.765. The van der Waals surface area contributed by atoms with Gasteiger partial charge in [0.1, 0.15) is 0 Å². The average molecular weight is 168 g/mol. The van der Waals surface area contributed by atoms with E-state index in [2.05, 4.69) is 11.9 Å². The van der Waals surface area contributed by atoms with Crippen molar-refractivity contribution >= 4 is 11.8 Å². The van der Waals surface area contributed by atoms with Gasteiger partial charge in [0.25, 0.3) is 0 Å². The summed E-state index contributed by atoms with van der Waals surface area (Å²) in [5.41, 5.74) is 6.52. The summed E-state index contributed by atoms with van der Waals surface area (Å²) in [6, 6.07) is 4.03. The van der Waals surface area contributed by atoms with E-state index < -0.39 is 0 Å². The zero-order valence-corrected chi connectivity index (χ0v) is 7.40. The number of hydrogen-bond donors (Lipinski definition) is 1. The fourth-order valence-corrected chi connectivity index (χ4v) is 1.35. The van der Waals surface area contributed by atoms with Gasteiger partial charge in [-0.05, 0) is 17.4 Å². The second kappa shape index (κ2) is 4.36. The van der Waals surface area contributed by atoms with Gasteiger partial charge in [0.15, 0.2) is 0 Å². The first-order valence-electron chi connectivity index (χ1n) is 3.64. The molecule has 0 saturated heterocycles. The molecular formula is C8H12N2S. The van der Waals surface area contributed by atoms with Crippen LogP contribution >= 0.6 is 11.8 Å². The summed E-state index contributed by atoms with van der Waals surface area (Å²) in [5.74, 6) is 1.06. The second-order valence-electron chi connectivity index (χ2n) is 2.14. The molecule has 1 aromatic heterocycles. The van der Waals surface area contributed by atoms with Crippen LogP contribution in [-0.2, 0) is 6.54 Å². The van der Waals surface area contributed by atoms with Gasteiger partial charge in [-0.3, -0.25) is 0 Å². The summed E-state index contributed by atoms with van der Waals surface area (Å²) < 4.78 is 0. The second-order valence-corrected chi connectivity index (χ2v) is 3.43. The van der Waals surface area contributed by atoms with E-state index in [-0.39, 0.29) is 0 Å². The normalized spacial score (nSPS) is 10.0. The molecule has 0 aliphatic rings. The Labute approximate surface area is 71.2 Å². The van der Waals surface area contributed by atoms with Crippen LogP contribution < -0.4 is 5.73 Å². The van der Waals surface area contributed by atoms with Crippen LogP contribution in [0.1, 0.15) is 12.5 Å². The Bertz CT molecular complexity index is 208.